The van der Waals surface area contributed by atoms with Crippen molar-refractivity contribution in [3.63, 3.8) is 0 Å². The number of rotatable bonds is 0. The average molecular weight is 292 g/mol. The van der Waals surface area contributed by atoms with Gasteiger partial charge in [0.05, 0.1) is 12.0 Å². The van der Waals surface area contributed by atoms with Crippen LogP contribution in [0.2, 0.25) is 0 Å². The molecule has 0 N–H and O–H groups in total. The number of ether oxygens (including phenoxy) is 1. The van der Waals surface area contributed by atoms with E-state index in [9.17, 15) is 4.79 Å². The second-order valence-corrected chi connectivity index (χ2v) is 5.17. The van der Waals surface area contributed by atoms with Crippen molar-refractivity contribution in [3.05, 3.63) is 40.5 Å². The Morgan fingerprint density at radius 2 is 2.29 bits per heavy atom. The molecule has 0 saturated heterocycles. The zero-order valence-electron chi connectivity index (χ0n) is 9.02. The van der Waals surface area contributed by atoms with Crippen molar-refractivity contribution in [2.75, 3.05) is 0 Å². The molecule has 0 bridgehead atoms. The van der Waals surface area contributed by atoms with Gasteiger partial charge in [0.2, 0.25) is 0 Å². The van der Waals surface area contributed by atoms with Crippen LogP contribution in [0.1, 0.15) is 23.2 Å². The molecule has 3 rings (SSSR count). The minimum atomic E-state index is -0.528. The molecule has 0 amide bonds. The Morgan fingerprint density at radius 1 is 1.41 bits per heavy atom. The first-order chi connectivity index (χ1) is 8.19. The van der Waals surface area contributed by atoms with Crippen molar-refractivity contribution in [3.8, 4) is 5.75 Å². The van der Waals surface area contributed by atoms with Crippen molar-refractivity contribution in [2.24, 2.45) is 4.99 Å². The lowest BCUT2D eigenvalue weighted by Gasteiger charge is -2.35. The maximum absolute atomic E-state index is 12.1. The van der Waals surface area contributed by atoms with Crippen LogP contribution in [-0.2, 0) is 0 Å². The highest BCUT2D eigenvalue weighted by Crippen LogP contribution is 2.37. The Hall–Kier alpha value is -1.42. The van der Waals surface area contributed by atoms with E-state index in [-0.39, 0.29) is 5.78 Å². The molecule has 1 aromatic rings. The molecule has 1 atom stereocenters. The predicted molar refractivity (Wildman–Crippen MR) is 68.7 cm³/mol. The fourth-order valence-electron chi connectivity index (χ4n) is 2.15. The molecule has 1 spiro atoms. The summed E-state index contributed by atoms with van der Waals surface area (Å²) in [6.45, 7) is 0. The van der Waals surface area contributed by atoms with Crippen molar-refractivity contribution < 1.29 is 9.53 Å². The van der Waals surface area contributed by atoms with Gasteiger partial charge in [-0.2, -0.15) is 0 Å². The molecule has 2 heterocycles. The topological polar surface area (TPSA) is 38.7 Å². The zero-order valence-corrected chi connectivity index (χ0v) is 10.6. The summed E-state index contributed by atoms with van der Waals surface area (Å²) in [4.78, 5) is 16.1. The molecule has 17 heavy (non-hydrogen) atoms. The number of fused-ring (bicyclic) bond motifs is 1. The van der Waals surface area contributed by atoms with Gasteiger partial charge in [-0.3, -0.25) is 9.79 Å². The molecule has 0 aliphatic carbocycles. The second-order valence-electron chi connectivity index (χ2n) is 4.26. The SMILES string of the molecule is O=C1C[C@@]2(C=CN=CC2)Oc2ccc(Br)cc21. The van der Waals surface area contributed by atoms with Gasteiger partial charge in [0.25, 0.3) is 0 Å². The maximum Gasteiger partial charge on any atom is 0.170 e. The summed E-state index contributed by atoms with van der Waals surface area (Å²) in [5.41, 5.74) is 0.126. The number of hydrogen-bond donors (Lipinski definition) is 0. The molecule has 2 aliphatic rings. The number of aliphatic imine (C=N–C) groups is 1. The summed E-state index contributed by atoms with van der Waals surface area (Å²) in [7, 11) is 0. The van der Waals surface area contributed by atoms with Gasteiger partial charge < -0.3 is 4.74 Å². The van der Waals surface area contributed by atoms with Crippen LogP contribution < -0.4 is 4.74 Å². The van der Waals surface area contributed by atoms with Crippen molar-refractivity contribution in [1.29, 1.82) is 0 Å². The third kappa shape index (κ3) is 1.82. The van der Waals surface area contributed by atoms with Gasteiger partial charge in [0.15, 0.2) is 5.78 Å². The summed E-state index contributed by atoms with van der Waals surface area (Å²) >= 11 is 3.36. The summed E-state index contributed by atoms with van der Waals surface area (Å²) < 4.78 is 6.86. The smallest absolute Gasteiger partial charge is 0.170 e. The van der Waals surface area contributed by atoms with E-state index in [4.69, 9.17) is 4.74 Å². The number of hydrogen-bond acceptors (Lipinski definition) is 3. The van der Waals surface area contributed by atoms with Gasteiger partial charge in [0.1, 0.15) is 11.4 Å². The summed E-state index contributed by atoms with van der Waals surface area (Å²) in [5.74, 6) is 0.775. The molecule has 0 radical (unpaired) electrons. The lowest BCUT2D eigenvalue weighted by Crippen LogP contribution is -2.41. The normalized spacial score (nSPS) is 25.8. The van der Waals surface area contributed by atoms with Gasteiger partial charge in [-0.1, -0.05) is 15.9 Å². The van der Waals surface area contributed by atoms with E-state index in [1.165, 1.54) is 0 Å². The molecule has 0 unspecified atom stereocenters. The maximum atomic E-state index is 12.1. The van der Waals surface area contributed by atoms with Crippen LogP contribution in [0.5, 0.6) is 5.75 Å². The fourth-order valence-corrected chi connectivity index (χ4v) is 2.51. The van der Waals surface area contributed by atoms with E-state index < -0.39 is 5.60 Å². The Kier molecular flexibility index (Phi) is 2.40. The summed E-state index contributed by atoms with van der Waals surface area (Å²) in [5, 5.41) is 0. The van der Waals surface area contributed by atoms with Gasteiger partial charge >= 0.3 is 0 Å². The number of carbonyl (C=O) groups excluding carboxylic acids is 1. The molecule has 86 valence electrons. The quantitative estimate of drug-likeness (QED) is 0.737. The van der Waals surface area contributed by atoms with E-state index in [0.29, 0.717) is 24.2 Å². The van der Waals surface area contributed by atoms with Crippen molar-refractivity contribution in [2.45, 2.75) is 18.4 Å². The fraction of sp³-hybridized carbons (Fsp3) is 0.231. The van der Waals surface area contributed by atoms with E-state index in [0.717, 1.165) is 4.47 Å². The van der Waals surface area contributed by atoms with E-state index in [1.807, 2.05) is 24.3 Å². The molecular formula is C13H10BrNO2. The number of ketones is 1. The highest BCUT2D eigenvalue weighted by molar-refractivity contribution is 9.10. The minimum absolute atomic E-state index is 0.118. The van der Waals surface area contributed by atoms with Crippen LogP contribution in [-0.4, -0.2) is 17.6 Å². The number of nitrogens with zero attached hydrogens (tertiary/aromatic N) is 1. The molecule has 0 aromatic heterocycles. The summed E-state index contributed by atoms with van der Waals surface area (Å²) in [6, 6.07) is 5.52. The largest absolute Gasteiger partial charge is 0.482 e. The standard InChI is InChI=1S/C13H10BrNO2/c14-9-1-2-12-10(7-9)11(16)8-13(17-12)3-5-15-6-4-13/h1-3,5-7H,4,8H2/t13-/m0/s1. The molecular weight excluding hydrogens is 282 g/mol. The van der Waals surface area contributed by atoms with Gasteiger partial charge in [-0.15, -0.1) is 0 Å². The molecule has 2 aliphatic heterocycles. The summed E-state index contributed by atoms with van der Waals surface area (Å²) in [6.07, 6.45) is 6.37. The van der Waals surface area contributed by atoms with Crippen LogP contribution in [0.15, 0.2) is 39.9 Å². The first-order valence-electron chi connectivity index (χ1n) is 5.40. The second kappa shape index (κ2) is 3.81. The molecule has 0 fully saturated rings. The number of benzene rings is 1. The zero-order chi connectivity index (χ0) is 11.9. The number of Topliss-reactive ketones (excluding diaryl/α,β-unsaturated/α-hetero) is 1. The van der Waals surface area contributed by atoms with Crippen LogP contribution in [0.4, 0.5) is 0 Å². The van der Waals surface area contributed by atoms with Crippen molar-refractivity contribution in [1.82, 2.24) is 0 Å². The van der Waals surface area contributed by atoms with Crippen LogP contribution in [0.3, 0.4) is 0 Å². The van der Waals surface area contributed by atoms with Gasteiger partial charge in [-0.05, 0) is 24.3 Å². The minimum Gasteiger partial charge on any atom is -0.482 e. The third-order valence-corrected chi connectivity index (χ3v) is 3.51. The van der Waals surface area contributed by atoms with E-state index >= 15 is 0 Å². The average Bonchev–Trinajstić information content (AvgIpc) is 2.31. The Balaban J connectivity index is 2.04. The first-order valence-corrected chi connectivity index (χ1v) is 6.19. The van der Waals surface area contributed by atoms with Crippen LogP contribution in [0, 0.1) is 0 Å². The van der Waals surface area contributed by atoms with Crippen LogP contribution >= 0.6 is 15.9 Å². The van der Waals surface area contributed by atoms with E-state index in [1.54, 1.807) is 12.4 Å². The highest BCUT2D eigenvalue weighted by Gasteiger charge is 2.38. The molecule has 0 saturated carbocycles. The first kappa shape index (κ1) is 10.7. The number of carbonyl (C=O) groups is 1. The molecule has 3 nitrogen and oxygen atoms in total. The van der Waals surface area contributed by atoms with Crippen molar-refractivity contribution >= 4 is 27.9 Å². The third-order valence-electron chi connectivity index (χ3n) is 3.02. The predicted octanol–water partition coefficient (Wildman–Crippen LogP) is 3.14. The van der Waals surface area contributed by atoms with Gasteiger partial charge in [0, 0.05) is 23.3 Å². The van der Waals surface area contributed by atoms with Gasteiger partial charge in [-0.25, -0.2) is 0 Å². The molecule has 1 aromatic carbocycles. The highest BCUT2D eigenvalue weighted by atomic mass is 79.9. The number of halogens is 1. The van der Waals surface area contributed by atoms with Crippen LogP contribution in [0.25, 0.3) is 0 Å². The van der Waals surface area contributed by atoms with E-state index in [2.05, 4.69) is 20.9 Å². The Bertz CT molecular complexity index is 550. The molecule has 4 heteroatoms. The Morgan fingerprint density at radius 3 is 3.06 bits per heavy atom. The lowest BCUT2D eigenvalue weighted by atomic mass is 9.87. The monoisotopic (exact) mass is 291 g/mol. The lowest BCUT2D eigenvalue weighted by molar-refractivity contribution is 0.0688. The Labute approximate surface area is 107 Å².